The van der Waals surface area contributed by atoms with Gasteiger partial charge in [-0.05, 0) is 12.5 Å². The summed E-state index contributed by atoms with van der Waals surface area (Å²) >= 11 is 0. The number of rotatable bonds is 6. The van der Waals surface area contributed by atoms with Crippen LogP contribution in [0.1, 0.15) is 23.8 Å². The predicted molar refractivity (Wildman–Crippen MR) is 62.9 cm³/mol. The van der Waals surface area contributed by atoms with Crippen molar-refractivity contribution in [1.82, 2.24) is 9.29 Å². The van der Waals surface area contributed by atoms with Gasteiger partial charge >= 0.3 is 12.1 Å². The fourth-order valence-electron chi connectivity index (χ4n) is 1.50. The highest BCUT2D eigenvalue weighted by Crippen LogP contribution is 2.18. The number of aromatic carboxylic acids is 1. The molecule has 1 rings (SSSR count). The van der Waals surface area contributed by atoms with Crippen molar-refractivity contribution in [2.45, 2.75) is 31.0 Å². The molecule has 114 valence electrons. The van der Waals surface area contributed by atoms with Gasteiger partial charge in [-0.15, -0.1) is 0 Å². The Balaban J connectivity index is 3.07. The smallest absolute Gasteiger partial charge is 0.402 e. The lowest BCUT2D eigenvalue weighted by atomic mass is 10.4. The van der Waals surface area contributed by atoms with Crippen molar-refractivity contribution in [3.05, 3.63) is 18.0 Å². The van der Waals surface area contributed by atoms with Gasteiger partial charge in [-0.2, -0.15) is 13.2 Å². The molecule has 0 atom stereocenters. The number of nitrogens with zero attached hydrogens (tertiary/aromatic N) is 1. The zero-order valence-electron chi connectivity index (χ0n) is 10.4. The number of hydrogen-bond acceptors (Lipinski definition) is 3. The molecule has 0 aromatic carbocycles. The lowest BCUT2D eigenvalue weighted by molar-refractivity contribution is -0.121. The molecule has 6 nitrogen and oxygen atoms in total. The van der Waals surface area contributed by atoms with E-state index in [2.05, 4.69) is 0 Å². The van der Waals surface area contributed by atoms with E-state index in [-0.39, 0.29) is 12.2 Å². The van der Waals surface area contributed by atoms with Crippen LogP contribution in [-0.4, -0.2) is 36.8 Å². The minimum atomic E-state index is -4.69. The normalized spacial score (nSPS) is 12.6. The summed E-state index contributed by atoms with van der Waals surface area (Å²) in [6.45, 7) is 0.287. The van der Waals surface area contributed by atoms with Gasteiger partial charge < -0.3 is 9.67 Å². The second-order valence-electron chi connectivity index (χ2n) is 4.00. The summed E-state index contributed by atoms with van der Waals surface area (Å²) in [5.74, 6) is -1.35. The lowest BCUT2D eigenvalue weighted by Crippen LogP contribution is -2.33. The Morgan fingerprint density at radius 2 is 2.05 bits per heavy atom. The number of carboxylic acids is 1. The van der Waals surface area contributed by atoms with Crippen LogP contribution < -0.4 is 4.72 Å². The van der Waals surface area contributed by atoms with E-state index >= 15 is 0 Å². The van der Waals surface area contributed by atoms with Crippen LogP contribution in [0.5, 0.6) is 0 Å². The predicted octanol–water partition coefficient (Wildman–Crippen LogP) is 1.44. The quantitative estimate of drug-likeness (QED) is 0.831. The summed E-state index contributed by atoms with van der Waals surface area (Å²) in [7, 11) is -4.40. The van der Waals surface area contributed by atoms with Gasteiger partial charge in [0.25, 0.3) is 0 Å². The number of carboxylic acid groups (broad SMARTS) is 1. The highest BCUT2D eigenvalue weighted by atomic mass is 32.2. The van der Waals surface area contributed by atoms with E-state index in [1.165, 1.54) is 9.29 Å². The standard InChI is InChI=1S/C10H13F3N2O4S/c1-2-3-15-5-7(4-8(15)9(16)17)20(18,19)14-6-10(11,12)13/h4-5,14H,2-3,6H2,1H3,(H,16,17). The topological polar surface area (TPSA) is 88.4 Å². The van der Waals surface area contributed by atoms with Crippen molar-refractivity contribution < 1.29 is 31.5 Å². The number of aromatic nitrogens is 1. The Morgan fingerprint density at radius 3 is 2.50 bits per heavy atom. The number of carbonyl (C=O) groups is 1. The van der Waals surface area contributed by atoms with Crippen LogP contribution in [0.3, 0.4) is 0 Å². The minimum Gasteiger partial charge on any atom is -0.477 e. The highest BCUT2D eigenvalue weighted by molar-refractivity contribution is 7.89. The Morgan fingerprint density at radius 1 is 1.45 bits per heavy atom. The van der Waals surface area contributed by atoms with E-state index in [1.54, 1.807) is 6.92 Å². The summed E-state index contributed by atoms with van der Waals surface area (Å²) in [6, 6.07) is 0.830. The molecule has 1 aromatic heterocycles. The maximum atomic E-state index is 12.0. The van der Waals surface area contributed by atoms with Gasteiger partial charge in [0.2, 0.25) is 10.0 Å². The first kappa shape index (κ1) is 16.5. The molecule has 0 saturated heterocycles. The van der Waals surface area contributed by atoms with E-state index in [4.69, 9.17) is 5.11 Å². The summed E-state index contributed by atoms with van der Waals surface area (Å²) in [4.78, 5) is 10.4. The van der Waals surface area contributed by atoms with Gasteiger partial charge in [0.1, 0.15) is 17.1 Å². The van der Waals surface area contributed by atoms with Crippen LogP contribution in [0.4, 0.5) is 13.2 Å². The molecule has 0 radical (unpaired) electrons. The zero-order chi connectivity index (χ0) is 15.6. The molecule has 0 unspecified atom stereocenters. The van der Waals surface area contributed by atoms with Crippen molar-refractivity contribution in [3.8, 4) is 0 Å². The Kier molecular flexibility index (Phi) is 4.81. The summed E-state index contributed by atoms with van der Waals surface area (Å²) in [5.41, 5.74) is -0.292. The maximum absolute atomic E-state index is 12.0. The van der Waals surface area contributed by atoms with E-state index < -0.39 is 33.6 Å². The van der Waals surface area contributed by atoms with E-state index in [9.17, 15) is 26.4 Å². The van der Waals surface area contributed by atoms with Gasteiger partial charge in [-0.25, -0.2) is 17.9 Å². The fraction of sp³-hybridized carbons (Fsp3) is 0.500. The molecular formula is C10H13F3N2O4S. The van der Waals surface area contributed by atoms with Crippen LogP contribution in [-0.2, 0) is 16.6 Å². The summed E-state index contributed by atoms with van der Waals surface area (Å²) < 4.78 is 61.9. The third-order valence-corrected chi connectivity index (χ3v) is 3.70. The maximum Gasteiger partial charge on any atom is 0.402 e. The molecule has 0 amide bonds. The van der Waals surface area contributed by atoms with Crippen molar-refractivity contribution in [2.75, 3.05) is 6.54 Å². The molecular weight excluding hydrogens is 301 g/mol. The molecule has 0 aliphatic rings. The second-order valence-corrected chi connectivity index (χ2v) is 5.77. The molecule has 2 N–H and O–H groups in total. The second kappa shape index (κ2) is 5.83. The molecule has 20 heavy (non-hydrogen) atoms. The molecule has 10 heteroatoms. The number of nitrogens with one attached hydrogen (secondary N) is 1. The molecule has 0 saturated carbocycles. The van der Waals surface area contributed by atoms with Gasteiger partial charge in [0.05, 0.1) is 0 Å². The number of aryl methyl sites for hydroxylation is 1. The van der Waals surface area contributed by atoms with Crippen LogP contribution in [0.25, 0.3) is 0 Å². The Hall–Kier alpha value is -1.55. The molecule has 0 bridgehead atoms. The Labute approximate surface area is 113 Å². The number of hydrogen-bond donors (Lipinski definition) is 2. The third kappa shape index (κ3) is 4.23. The SMILES string of the molecule is CCCn1cc(S(=O)(=O)NCC(F)(F)F)cc1C(=O)O. The van der Waals surface area contributed by atoms with Crippen molar-refractivity contribution in [3.63, 3.8) is 0 Å². The highest BCUT2D eigenvalue weighted by Gasteiger charge is 2.31. The molecule has 0 aliphatic heterocycles. The summed E-state index contributed by atoms with van der Waals surface area (Å²) in [6.07, 6.45) is -3.13. The van der Waals surface area contributed by atoms with Gasteiger partial charge in [0.15, 0.2) is 0 Å². The average molecular weight is 314 g/mol. The monoisotopic (exact) mass is 314 g/mol. The van der Waals surface area contributed by atoms with E-state index in [1.807, 2.05) is 0 Å². The van der Waals surface area contributed by atoms with Crippen LogP contribution >= 0.6 is 0 Å². The van der Waals surface area contributed by atoms with Crippen LogP contribution in [0, 0.1) is 0 Å². The Bertz CT molecular complexity index is 592. The first-order valence-electron chi connectivity index (χ1n) is 5.56. The number of alkyl halides is 3. The van der Waals surface area contributed by atoms with Crippen molar-refractivity contribution in [1.29, 1.82) is 0 Å². The first-order valence-corrected chi connectivity index (χ1v) is 7.05. The first-order chi connectivity index (χ1) is 9.07. The van der Waals surface area contributed by atoms with E-state index in [0.29, 0.717) is 6.42 Å². The molecule has 0 spiro atoms. The third-order valence-electron chi connectivity index (χ3n) is 2.33. The minimum absolute atomic E-state index is 0.246. The molecule has 1 heterocycles. The summed E-state index contributed by atoms with van der Waals surface area (Å²) in [5, 5.41) is 8.91. The zero-order valence-corrected chi connectivity index (χ0v) is 11.3. The fourth-order valence-corrected chi connectivity index (χ4v) is 2.55. The van der Waals surface area contributed by atoms with Crippen LogP contribution in [0.15, 0.2) is 17.2 Å². The number of sulfonamides is 1. The van der Waals surface area contributed by atoms with E-state index in [0.717, 1.165) is 12.3 Å². The van der Waals surface area contributed by atoms with Gasteiger partial charge in [-0.1, -0.05) is 6.92 Å². The average Bonchev–Trinajstić information content (AvgIpc) is 2.71. The van der Waals surface area contributed by atoms with Gasteiger partial charge in [-0.3, -0.25) is 0 Å². The van der Waals surface area contributed by atoms with Crippen LogP contribution in [0.2, 0.25) is 0 Å². The molecule has 0 aliphatic carbocycles. The molecule has 1 aromatic rings. The van der Waals surface area contributed by atoms with Crippen molar-refractivity contribution >= 4 is 16.0 Å². The number of halogens is 3. The molecule has 0 fully saturated rings. The lowest BCUT2D eigenvalue weighted by Gasteiger charge is -2.07. The largest absolute Gasteiger partial charge is 0.477 e. The van der Waals surface area contributed by atoms with Crippen molar-refractivity contribution in [2.24, 2.45) is 0 Å². The van der Waals surface area contributed by atoms with Gasteiger partial charge in [0, 0.05) is 12.7 Å².